The molecule has 46 heavy (non-hydrogen) atoms. The monoisotopic (exact) mass is 648 g/mol. The summed E-state index contributed by atoms with van der Waals surface area (Å²) in [5.41, 5.74) is 1.10. The molecular weight excluding hydrogens is 617 g/mol. The molecule has 6 rings (SSSR count). The first-order valence-electron chi connectivity index (χ1n) is 14.6. The summed E-state index contributed by atoms with van der Waals surface area (Å²) < 4.78 is 68.0. The van der Waals surface area contributed by atoms with Crippen molar-refractivity contribution in [2.24, 2.45) is 0 Å². The van der Waals surface area contributed by atoms with Gasteiger partial charge in [-0.3, -0.25) is 9.36 Å². The second-order valence-electron chi connectivity index (χ2n) is 11.2. The zero-order chi connectivity index (χ0) is 32.6. The molecule has 0 radical (unpaired) electrons. The number of pyridine rings is 1. The molecule has 1 aliphatic heterocycles. The van der Waals surface area contributed by atoms with Gasteiger partial charge < -0.3 is 15.5 Å². The summed E-state index contributed by atoms with van der Waals surface area (Å²) in [6.45, 7) is 4.77. The molecule has 5 aromatic rings. The Morgan fingerprint density at radius 1 is 0.957 bits per heavy atom. The van der Waals surface area contributed by atoms with Crippen molar-refractivity contribution < 1.29 is 21.6 Å². The summed E-state index contributed by atoms with van der Waals surface area (Å²) in [6, 6.07) is 18.9. The van der Waals surface area contributed by atoms with E-state index in [9.17, 15) is 26.4 Å². The Morgan fingerprint density at radius 3 is 2.37 bits per heavy atom. The summed E-state index contributed by atoms with van der Waals surface area (Å²) in [6.07, 6.45) is -2.08. The van der Waals surface area contributed by atoms with Gasteiger partial charge >= 0.3 is 6.18 Å². The van der Waals surface area contributed by atoms with E-state index in [4.69, 9.17) is 0 Å². The molecule has 13 heteroatoms. The van der Waals surface area contributed by atoms with Crippen molar-refractivity contribution in [2.45, 2.75) is 24.5 Å². The predicted molar refractivity (Wildman–Crippen MR) is 172 cm³/mol. The Bertz CT molecular complexity index is 2090. The van der Waals surface area contributed by atoms with Crippen molar-refractivity contribution >= 4 is 38.2 Å². The third-order valence-electron chi connectivity index (χ3n) is 8.06. The van der Waals surface area contributed by atoms with Gasteiger partial charge in [-0.2, -0.15) is 18.2 Å². The number of aromatic nitrogens is 3. The zero-order valence-corrected chi connectivity index (χ0v) is 25.9. The second-order valence-corrected chi connectivity index (χ2v) is 13.2. The predicted octanol–water partition coefficient (Wildman–Crippen LogP) is 5.39. The summed E-state index contributed by atoms with van der Waals surface area (Å²) in [5.74, 6) is 0.155. The van der Waals surface area contributed by atoms with Crippen LogP contribution in [0.1, 0.15) is 16.7 Å². The number of fused-ring (bicyclic) bond motifs is 1. The maximum Gasteiger partial charge on any atom is 0.416 e. The highest BCUT2D eigenvalue weighted by Crippen LogP contribution is 2.33. The van der Waals surface area contributed by atoms with Crippen molar-refractivity contribution in [3.05, 3.63) is 106 Å². The summed E-state index contributed by atoms with van der Waals surface area (Å²) >= 11 is 0. The summed E-state index contributed by atoms with van der Waals surface area (Å²) in [7, 11) is -3.62. The fourth-order valence-electron chi connectivity index (χ4n) is 5.78. The highest BCUT2D eigenvalue weighted by molar-refractivity contribution is 7.90. The maximum absolute atomic E-state index is 14.2. The van der Waals surface area contributed by atoms with E-state index < -0.39 is 33.7 Å². The molecular formula is C33H31F3N6O3S. The van der Waals surface area contributed by atoms with Gasteiger partial charge in [-0.05, 0) is 66.1 Å². The quantitative estimate of drug-likeness (QED) is 0.242. The van der Waals surface area contributed by atoms with Crippen LogP contribution in [-0.4, -0.2) is 55.4 Å². The van der Waals surface area contributed by atoms with Gasteiger partial charge in [0.15, 0.2) is 9.84 Å². The Balaban J connectivity index is 1.47. The van der Waals surface area contributed by atoms with E-state index in [0.717, 1.165) is 44.2 Å². The molecule has 0 amide bonds. The molecule has 2 N–H and O–H groups in total. The smallest absolute Gasteiger partial charge is 0.369 e. The number of hydrogen-bond donors (Lipinski definition) is 2. The van der Waals surface area contributed by atoms with Crippen molar-refractivity contribution in [1.29, 1.82) is 0 Å². The van der Waals surface area contributed by atoms with Gasteiger partial charge in [0.05, 0.1) is 17.0 Å². The minimum absolute atomic E-state index is 0.0530. The highest BCUT2D eigenvalue weighted by Gasteiger charge is 2.33. The largest absolute Gasteiger partial charge is 0.416 e. The first-order chi connectivity index (χ1) is 21.9. The van der Waals surface area contributed by atoms with E-state index >= 15 is 0 Å². The number of sulfone groups is 1. The molecule has 9 nitrogen and oxygen atoms in total. The first-order valence-corrected chi connectivity index (χ1v) is 16.5. The molecule has 0 unspecified atom stereocenters. The number of alkyl halides is 3. The molecule has 0 atom stereocenters. The van der Waals surface area contributed by atoms with E-state index in [1.54, 1.807) is 19.1 Å². The molecule has 238 valence electrons. The van der Waals surface area contributed by atoms with E-state index in [1.807, 2.05) is 24.3 Å². The van der Waals surface area contributed by atoms with E-state index in [1.165, 1.54) is 41.1 Å². The average Bonchev–Trinajstić information content (AvgIpc) is 3.03. The van der Waals surface area contributed by atoms with Gasteiger partial charge in [0.25, 0.3) is 5.56 Å². The van der Waals surface area contributed by atoms with Crippen molar-refractivity contribution in [2.75, 3.05) is 42.7 Å². The Kier molecular flexibility index (Phi) is 8.30. The van der Waals surface area contributed by atoms with Crippen LogP contribution in [0.25, 0.3) is 22.2 Å². The number of benzene rings is 3. The normalized spacial score (nSPS) is 14.1. The van der Waals surface area contributed by atoms with E-state index in [-0.39, 0.29) is 27.6 Å². The fourth-order valence-corrected chi connectivity index (χ4v) is 6.77. The highest BCUT2D eigenvalue weighted by atomic mass is 32.2. The third kappa shape index (κ3) is 6.33. The summed E-state index contributed by atoms with van der Waals surface area (Å²) in [5, 5.41) is 6.85. The molecule has 1 aliphatic rings. The SMILES string of the molecule is Cc1c(-c2cc3cnc(Nc4ccc(N5CCNCC5)cc4)nc3n(Cc3ccccc3C(F)(F)F)c2=O)cccc1S(C)(=O)=O. The van der Waals surface area contributed by atoms with Crippen LogP contribution in [0.3, 0.4) is 0 Å². The maximum atomic E-state index is 14.2. The first kappa shape index (κ1) is 31.2. The minimum Gasteiger partial charge on any atom is -0.369 e. The van der Waals surface area contributed by atoms with Crippen LogP contribution in [0.2, 0.25) is 0 Å². The molecule has 0 aliphatic carbocycles. The Morgan fingerprint density at radius 2 is 1.67 bits per heavy atom. The van der Waals surface area contributed by atoms with Crippen molar-refractivity contribution in [1.82, 2.24) is 19.9 Å². The zero-order valence-electron chi connectivity index (χ0n) is 25.1. The minimum atomic E-state index is -4.65. The molecule has 1 saturated heterocycles. The van der Waals surface area contributed by atoms with Gasteiger partial charge in [-0.15, -0.1) is 0 Å². The number of hydrogen-bond acceptors (Lipinski definition) is 8. The van der Waals surface area contributed by atoms with E-state index in [2.05, 4.69) is 25.5 Å². The van der Waals surface area contributed by atoms with Gasteiger partial charge in [0.2, 0.25) is 5.95 Å². The summed E-state index contributed by atoms with van der Waals surface area (Å²) in [4.78, 5) is 25.5. The average molecular weight is 649 g/mol. The molecule has 1 fully saturated rings. The van der Waals surface area contributed by atoms with Crippen molar-refractivity contribution in [3.63, 3.8) is 0 Å². The van der Waals surface area contributed by atoms with Crippen LogP contribution in [0.15, 0.2) is 88.7 Å². The molecule has 0 spiro atoms. The van der Waals surface area contributed by atoms with Gasteiger partial charge in [0.1, 0.15) is 5.65 Å². The number of nitrogens with zero attached hydrogens (tertiary/aromatic N) is 4. The molecule has 0 bridgehead atoms. The van der Waals surface area contributed by atoms with Crippen LogP contribution in [0, 0.1) is 6.92 Å². The van der Waals surface area contributed by atoms with Gasteiger partial charge in [-0.1, -0.05) is 30.3 Å². The molecule has 0 saturated carbocycles. The fraction of sp³-hybridized carbons (Fsp3) is 0.242. The van der Waals surface area contributed by atoms with Crippen LogP contribution in [0.5, 0.6) is 0 Å². The van der Waals surface area contributed by atoms with Crippen LogP contribution in [-0.2, 0) is 22.6 Å². The second kappa shape index (κ2) is 12.2. The third-order valence-corrected chi connectivity index (χ3v) is 9.30. The lowest BCUT2D eigenvalue weighted by Gasteiger charge is -2.29. The van der Waals surface area contributed by atoms with Gasteiger partial charge in [-0.25, -0.2) is 13.4 Å². The number of anilines is 3. The lowest BCUT2D eigenvalue weighted by molar-refractivity contribution is -0.138. The lowest BCUT2D eigenvalue weighted by Crippen LogP contribution is -2.43. The topological polar surface area (TPSA) is 109 Å². The standard InChI is InChI=1S/C33H31F3N6O3S/c1-21-26(7-5-9-29(21)46(2,44)45)27-18-23-19-38-32(39-24-10-12-25(13-11-24)41-16-14-37-15-17-41)40-30(23)42(31(27)43)20-22-6-3-4-8-28(22)33(34,35)36/h3-13,18-19,37H,14-17,20H2,1-2H3,(H,38,39,40). The van der Waals surface area contributed by atoms with Gasteiger partial charge in [0, 0.05) is 61.0 Å². The van der Waals surface area contributed by atoms with Crippen LogP contribution < -0.4 is 21.1 Å². The van der Waals surface area contributed by atoms with Crippen molar-refractivity contribution in [3.8, 4) is 11.1 Å². The Labute approximate surface area is 263 Å². The van der Waals surface area contributed by atoms with Crippen LogP contribution in [0.4, 0.5) is 30.5 Å². The lowest BCUT2D eigenvalue weighted by atomic mass is 10.0. The number of halogens is 3. The number of piperazine rings is 1. The van der Waals surface area contributed by atoms with E-state index in [0.29, 0.717) is 22.2 Å². The Hall–Kier alpha value is -4.75. The number of nitrogens with one attached hydrogen (secondary N) is 2. The number of rotatable bonds is 7. The van der Waals surface area contributed by atoms with Crippen LogP contribution >= 0.6 is 0 Å². The molecule has 3 heterocycles. The molecule has 3 aromatic carbocycles. The molecule has 2 aromatic heterocycles.